The van der Waals surface area contributed by atoms with Gasteiger partial charge in [0.25, 0.3) is 0 Å². The van der Waals surface area contributed by atoms with Gasteiger partial charge in [0.1, 0.15) is 0 Å². The molecular formula is C10H18N6O2. The molecule has 18 heavy (non-hydrogen) atoms. The average molecular weight is 254 g/mol. The van der Waals surface area contributed by atoms with Crippen LogP contribution in [0, 0.1) is 0 Å². The number of aliphatic hydroxyl groups excluding tert-OH is 1. The second kappa shape index (κ2) is 6.31. The molecule has 1 aromatic heterocycles. The molecule has 100 valence electrons. The molecule has 1 saturated heterocycles. The summed E-state index contributed by atoms with van der Waals surface area (Å²) in [5.74, 6) is 1.20. The van der Waals surface area contributed by atoms with Crippen molar-refractivity contribution in [2.75, 3.05) is 55.4 Å². The average Bonchev–Trinajstić information content (AvgIpc) is 2.39. The van der Waals surface area contributed by atoms with E-state index in [0.717, 1.165) is 13.1 Å². The molecule has 1 fully saturated rings. The van der Waals surface area contributed by atoms with Crippen LogP contribution < -0.4 is 16.0 Å². The molecule has 1 aromatic rings. The number of aromatic nitrogens is 3. The predicted molar refractivity (Wildman–Crippen MR) is 67.5 cm³/mol. The summed E-state index contributed by atoms with van der Waals surface area (Å²) in [5, 5.41) is 11.7. The van der Waals surface area contributed by atoms with E-state index in [2.05, 4.69) is 20.3 Å². The van der Waals surface area contributed by atoms with Crippen LogP contribution >= 0.6 is 0 Å². The Labute approximate surface area is 105 Å². The number of hydrogen-bond acceptors (Lipinski definition) is 8. The minimum atomic E-state index is 0.129. The lowest BCUT2D eigenvalue weighted by Gasteiger charge is -2.26. The van der Waals surface area contributed by atoms with Crippen molar-refractivity contribution >= 4 is 17.8 Å². The van der Waals surface area contributed by atoms with Gasteiger partial charge >= 0.3 is 0 Å². The van der Waals surface area contributed by atoms with Crippen LogP contribution in [-0.4, -0.2) is 59.5 Å². The Morgan fingerprint density at radius 2 is 2.06 bits per heavy atom. The van der Waals surface area contributed by atoms with E-state index in [1.54, 1.807) is 0 Å². The molecule has 0 unspecified atom stereocenters. The van der Waals surface area contributed by atoms with Crippen LogP contribution in [0.4, 0.5) is 17.8 Å². The van der Waals surface area contributed by atoms with Crippen LogP contribution in [0.15, 0.2) is 0 Å². The van der Waals surface area contributed by atoms with Crippen molar-refractivity contribution in [3.8, 4) is 0 Å². The monoisotopic (exact) mass is 254 g/mol. The highest BCUT2D eigenvalue weighted by Gasteiger charge is 2.15. The number of nitrogen functional groups attached to an aromatic ring is 1. The third-order valence-electron chi connectivity index (χ3n) is 2.55. The fourth-order valence-electron chi connectivity index (χ4n) is 1.64. The Hall–Kier alpha value is -1.67. The summed E-state index contributed by atoms with van der Waals surface area (Å²) >= 11 is 0. The third-order valence-corrected chi connectivity index (χ3v) is 2.55. The van der Waals surface area contributed by atoms with Crippen molar-refractivity contribution < 1.29 is 9.84 Å². The number of rotatable bonds is 5. The maximum Gasteiger partial charge on any atom is 0.232 e. The van der Waals surface area contributed by atoms with E-state index in [-0.39, 0.29) is 12.6 Å². The summed E-state index contributed by atoms with van der Waals surface area (Å²) in [4.78, 5) is 14.4. The van der Waals surface area contributed by atoms with Crippen LogP contribution in [-0.2, 0) is 4.74 Å². The highest BCUT2D eigenvalue weighted by atomic mass is 16.5. The lowest BCUT2D eigenvalue weighted by atomic mass is 10.4. The summed E-state index contributed by atoms with van der Waals surface area (Å²) in [7, 11) is 0. The van der Waals surface area contributed by atoms with Crippen LogP contribution in [0.2, 0.25) is 0 Å². The largest absolute Gasteiger partial charge is 0.396 e. The normalized spacial score (nSPS) is 15.7. The SMILES string of the molecule is Nc1nc(NCCCO)nc(N2CCOCC2)n1. The fourth-order valence-corrected chi connectivity index (χ4v) is 1.64. The molecule has 0 spiro atoms. The minimum Gasteiger partial charge on any atom is -0.396 e. The first kappa shape index (κ1) is 12.8. The van der Waals surface area contributed by atoms with Gasteiger partial charge in [-0.25, -0.2) is 0 Å². The van der Waals surface area contributed by atoms with E-state index in [0.29, 0.717) is 38.1 Å². The van der Waals surface area contributed by atoms with Gasteiger partial charge in [0.2, 0.25) is 17.8 Å². The fraction of sp³-hybridized carbons (Fsp3) is 0.700. The molecule has 8 heteroatoms. The second-order valence-electron chi connectivity index (χ2n) is 3.92. The Morgan fingerprint density at radius 3 is 2.78 bits per heavy atom. The summed E-state index contributed by atoms with van der Waals surface area (Å²) in [5.41, 5.74) is 5.66. The molecule has 8 nitrogen and oxygen atoms in total. The Kier molecular flexibility index (Phi) is 4.48. The van der Waals surface area contributed by atoms with Gasteiger partial charge in [0.05, 0.1) is 13.2 Å². The van der Waals surface area contributed by atoms with E-state index < -0.39 is 0 Å². The number of nitrogens with one attached hydrogen (secondary N) is 1. The number of hydrogen-bond donors (Lipinski definition) is 3. The first-order valence-corrected chi connectivity index (χ1v) is 5.98. The maximum absolute atomic E-state index is 8.72. The molecule has 0 atom stereocenters. The van der Waals surface area contributed by atoms with Gasteiger partial charge < -0.3 is 25.8 Å². The van der Waals surface area contributed by atoms with Crippen LogP contribution in [0.1, 0.15) is 6.42 Å². The predicted octanol–water partition coefficient (Wildman–Crippen LogP) is -0.915. The van der Waals surface area contributed by atoms with E-state index in [9.17, 15) is 0 Å². The highest BCUT2D eigenvalue weighted by Crippen LogP contribution is 2.13. The molecule has 1 aliphatic heterocycles. The summed E-state index contributed by atoms with van der Waals surface area (Å²) in [6.45, 7) is 3.56. The standard InChI is InChI=1S/C10H18N6O2/c11-8-13-9(12-2-1-5-17)15-10(14-8)16-3-6-18-7-4-16/h17H,1-7H2,(H3,11,12,13,14,15). The number of ether oxygens (including phenoxy) is 1. The molecule has 0 bridgehead atoms. The molecule has 1 aliphatic rings. The molecule has 2 rings (SSSR count). The molecule has 0 saturated carbocycles. The molecule has 0 aromatic carbocycles. The van der Waals surface area contributed by atoms with Crippen molar-refractivity contribution in [1.29, 1.82) is 0 Å². The highest BCUT2D eigenvalue weighted by molar-refractivity contribution is 5.42. The molecule has 0 amide bonds. The van der Waals surface area contributed by atoms with Gasteiger partial charge in [0, 0.05) is 26.2 Å². The lowest BCUT2D eigenvalue weighted by Crippen LogP contribution is -2.37. The van der Waals surface area contributed by atoms with Crippen molar-refractivity contribution in [3.05, 3.63) is 0 Å². The number of nitrogens with zero attached hydrogens (tertiary/aromatic N) is 4. The van der Waals surface area contributed by atoms with Crippen LogP contribution in [0.3, 0.4) is 0 Å². The third kappa shape index (κ3) is 3.41. The van der Waals surface area contributed by atoms with E-state index in [1.807, 2.05) is 4.90 Å². The van der Waals surface area contributed by atoms with Crippen LogP contribution in [0.25, 0.3) is 0 Å². The first-order valence-electron chi connectivity index (χ1n) is 5.98. The molecule has 4 N–H and O–H groups in total. The zero-order valence-electron chi connectivity index (χ0n) is 10.2. The van der Waals surface area contributed by atoms with E-state index >= 15 is 0 Å². The number of morpholine rings is 1. The van der Waals surface area contributed by atoms with Crippen molar-refractivity contribution in [2.24, 2.45) is 0 Å². The van der Waals surface area contributed by atoms with Gasteiger partial charge in [-0.1, -0.05) is 0 Å². The van der Waals surface area contributed by atoms with Gasteiger partial charge in [0.15, 0.2) is 0 Å². The maximum atomic E-state index is 8.72. The molecular weight excluding hydrogens is 236 g/mol. The minimum absolute atomic E-state index is 0.129. The van der Waals surface area contributed by atoms with Gasteiger partial charge in [-0.05, 0) is 6.42 Å². The molecule has 0 aliphatic carbocycles. The summed E-state index contributed by atoms with van der Waals surface area (Å²) < 4.78 is 5.27. The van der Waals surface area contributed by atoms with E-state index in [1.165, 1.54) is 0 Å². The quantitative estimate of drug-likeness (QED) is 0.579. The zero-order chi connectivity index (χ0) is 12.8. The van der Waals surface area contributed by atoms with Crippen molar-refractivity contribution in [1.82, 2.24) is 15.0 Å². The van der Waals surface area contributed by atoms with Gasteiger partial charge in [-0.2, -0.15) is 15.0 Å². The lowest BCUT2D eigenvalue weighted by molar-refractivity contribution is 0.122. The Morgan fingerprint density at radius 1 is 1.28 bits per heavy atom. The van der Waals surface area contributed by atoms with Crippen molar-refractivity contribution in [3.63, 3.8) is 0 Å². The van der Waals surface area contributed by atoms with Gasteiger partial charge in [-0.3, -0.25) is 0 Å². The topological polar surface area (TPSA) is 109 Å². The molecule has 0 radical (unpaired) electrons. The second-order valence-corrected chi connectivity index (χ2v) is 3.92. The number of aliphatic hydroxyl groups is 1. The van der Waals surface area contributed by atoms with Gasteiger partial charge in [-0.15, -0.1) is 0 Å². The number of nitrogens with two attached hydrogens (primary N) is 1. The molecule has 2 heterocycles. The summed E-state index contributed by atoms with van der Waals surface area (Å²) in [6, 6.07) is 0. The van der Waals surface area contributed by atoms with Crippen LogP contribution in [0.5, 0.6) is 0 Å². The van der Waals surface area contributed by atoms with E-state index in [4.69, 9.17) is 15.6 Å². The van der Waals surface area contributed by atoms with Crippen molar-refractivity contribution in [2.45, 2.75) is 6.42 Å². The Balaban J connectivity index is 2.05. The Bertz CT molecular complexity index is 383. The first-order chi connectivity index (χ1) is 8.79. The smallest absolute Gasteiger partial charge is 0.232 e. The zero-order valence-corrected chi connectivity index (χ0v) is 10.2. The number of anilines is 3. The summed E-state index contributed by atoms with van der Waals surface area (Å²) in [6.07, 6.45) is 0.637.